The monoisotopic (exact) mass is 351 g/mol. The molecular formula is C19H17N3O2S. The van der Waals surface area contributed by atoms with Crippen LogP contribution < -0.4 is 5.56 Å². The molecule has 0 aromatic carbocycles. The number of furan rings is 1. The van der Waals surface area contributed by atoms with Gasteiger partial charge in [0.1, 0.15) is 11.4 Å². The fraction of sp³-hybridized carbons (Fsp3) is 0.158. The summed E-state index contributed by atoms with van der Waals surface area (Å²) < 4.78 is 7.05. The minimum Gasteiger partial charge on any atom is -0.468 e. The van der Waals surface area contributed by atoms with E-state index < -0.39 is 0 Å². The van der Waals surface area contributed by atoms with Gasteiger partial charge in [0, 0.05) is 30.2 Å². The Kier molecular flexibility index (Phi) is 4.45. The van der Waals surface area contributed by atoms with Crippen molar-refractivity contribution >= 4 is 17.0 Å². The zero-order chi connectivity index (χ0) is 17.1. The highest BCUT2D eigenvalue weighted by molar-refractivity contribution is 7.09. The molecule has 25 heavy (non-hydrogen) atoms. The maximum absolute atomic E-state index is 12.3. The lowest BCUT2D eigenvalue weighted by atomic mass is 10.3. The third-order valence-corrected chi connectivity index (χ3v) is 4.79. The molecule has 0 atom stereocenters. The Morgan fingerprint density at radius 3 is 2.84 bits per heavy atom. The fourth-order valence-corrected chi connectivity index (χ4v) is 3.57. The van der Waals surface area contributed by atoms with Crippen LogP contribution in [0.15, 0.2) is 75.6 Å². The molecule has 4 aromatic rings. The van der Waals surface area contributed by atoms with E-state index in [1.54, 1.807) is 34.3 Å². The topological polar surface area (TPSA) is 50.8 Å². The molecule has 4 aromatic heterocycles. The number of rotatable bonds is 6. The lowest BCUT2D eigenvalue weighted by Crippen LogP contribution is -2.24. The third-order valence-electron chi connectivity index (χ3n) is 3.93. The summed E-state index contributed by atoms with van der Waals surface area (Å²) in [7, 11) is 0. The van der Waals surface area contributed by atoms with Crippen molar-refractivity contribution in [2.24, 2.45) is 0 Å². The lowest BCUT2D eigenvalue weighted by Gasteiger charge is -2.20. The SMILES string of the molecule is O=c1cc(CN(Cc2ccco2)Cc2cccs2)nc2ccccn12. The minimum absolute atomic E-state index is 0.0605. The standard InChI is InChI=1S/C19H17N3O2S/c23-19-11-15(20-18-7-1-2-8-22(18)19)12-21(13-16-5-3-9-24-16)14-17-6-4-10-25-17/h1-11H,12-14H2. The molecule has 4 rings (SSSR count). The van der Waals surface area contributed by atoms with Gasteiger partial charge >= 0.3 is 0 Å². The predicted molar refractivity (Wildman–Crippen MR) is 97.4 cm³/mol. The van der Waals surface area contributed by atoms with Gasteiger partial charge in [0.2, 0.25) is 0 Å². The quantitative estimate of drug-likeness (QED) is 0.533. The molecule has 0 amide bonds. The summed E-state index contributed by atoms with van der Waals surface area (Å²) in [5.41, 5.74) is 1.37. The molecule has 0 saturated carbocycles. The van der Waals surface area contributed by atoms with E-state index in [1.807, 2.05) is 36.4 Å². The molecule has 126 valence electrons. The van der Waals surface area contributed by atoms with E-state index in [0.717, 1.165) is 18.0 Å². The molecule has 0 bridgehead atoms. The van der Waals surface area contributed by atoms with Crippen LogP contribution in [0.3, 0.4) is 0 Å². The molecule has 0 radical (unpaired) electrons. The van der Waals surface area contributed by atoms with Gasteiger partial charge in [0.05, 0.1) is 18.5 Å². The van der Waals surface area contributed by atoms with Crippen LogP contribution in [0.4, 0.5) is 0 Å². The second-order valence-corrected chi connectivity index (χ2v) is 6.85. The van der Waals surface area contributed by atoms with Gasteiger partial charge in [-0.2, -0.15) is 0 Å². The summed E-state index contributed by atoms with van der Waals surface area (Å²) in [5.74, 6) is 0.897. The van der Waals surface area contributed by atoms with Crippen molar-refractivity contribution in [1.82, 2.24) is 14.3 Å². The van der Waals surface area contributed by atoms with Crippen molar-refractivity contribution in [3.8, 4) is 0 Å². The number of pyridine rings is 1. The zero-order valence-corrected chi connectivity index (χ0v) is 14.4. The highest BCUT2D eigenvalue weighted by Crippen LogP contribution is 2.16. The Hall–Kier alpha value is -2.70. The molecule has 6 heteroatoms. The van der Waals surface area contributed by atoms with Gasteiger partial charge in [-0.1, -0.05) is 12.1 Å². The normalized spacial score (nSPS) is 11.4. The number of aromatic nitrogens is 2. The van der Waals surface area contributed by atoms with Gasteiger partial charge in [0.15, 0.2) is 0 Å². The molecule has 0 spiro atoms. The average Bonchev–Trinajstić information content (AvgIpc) is 3.29. The van der Waals surface area contributed by atoms with Crippen molar-refractivity contribution in [1.29, 1.82) is 0 Å². The van der Waals surface area contributed by atoms with E-state index in [4.69, 9.17) is 4.42 Å². The second kappa shape index (κ2) is 7.04. The minimum atomic E-state index is -0.0605. The highest BCUT2D eigenvalue weighted by Gasteiger charge is 2.12. The van der Waals surface area contributed by atoms with Crippen molar-refractivity contribution in [2.45, 2.75) is 19.6 Å². The first-order valence-corrected chi connectivity index (χ1v) is 8.90. The fourth-order valence-electron chi connectivity index (χ4n) is 2.83. The molecule has 0 unspecified atom stereocenters. The van der Waals surface area contributed by atoms with Crippen LogP contribution in [-0.4, -0.2) is 14.3 Å². The Morgan fingerprint density at radius 2 is 2.04 bits per heavy atom. The van der Waals surface area contributed by atoms with E-state index in [2.05, 4.69) is 21.3 Å². The smallest absolute Gasteiger partial charge is 0.258 e. The third kappa shape index (κ3) is 3.70. The molecule has 0 N–H and O–H groups in total. The zero-order valence-electron chi connectivity index (χ0n) is 13.5. The largest absolute Gasteiger partial charge is 0.468 e. The lowest BCUT2D eigenvalue weighted by molar-refractivity contribution is 0.226. The maximum Gasteiger partial charge on any atom is 0.258 e. The first kappa shape index (κ1) is 15.8. The van der Waals surface area contributed by atoms with Crippen molar-refractivity contribution < 1.29 is 4.42 Å². The van der Waals surface area contributed by atoms with Crippen LogP contribution in [0.1, 0.15) is 16.3 Å². The van der Waals surface area contributed by atoms with Gasteiger partial charge in [-0.3, -0.25) is 14.1 Å². The summed E-state index contributed by atoms with van der Waals surface area (Å²) in [6.07, 6.45) is 3.42. The molecular weight excluding hydrogens is 334 g/mol. The van der Waals surface area contributed by atoms with Crippen molar-refractivity contribution in [2.75, 3.05) is 0 Å². The van der Waals surface area contributed by atoms with Crippen LogP contribution in [0.25, 0.3) is 5.65 Å². The van der Waals surface area contributed by atoms with E-state index in [1.165, 1.54) is 4.88 Å². The second-order valence-electron chi connectivity index (χ2n) is 5.82. The van der Waals surface area contributed by atoms with Crippen LogP contribution in [0, 0.1) is 0 Å². The number of thiophene rings is 1. The van der Waals surface area contributed by atoms with E-state index in [0.29, 0.717) is 18.7 Å². The van der Waals surface area contributed by atoms with E-state index in [9.17, 15) is 4.79 Å². The predicted octanol–water partition coefficient (Wildman–Crippen LogP) is 3.55. The maximum atomic E-state index is 12.3. The Balaban J connectivity index is 1.62. The van der Waals surface area contributed by atoms with E-state index >= 15 is 0 Å². The van der Waals surface area contributed by atoms with Crippen LogP contribution >= 0.6 is 11.3 Å². The molecule has 0 aliphatic rings. The van der Waals surface area contributed by atoms with Crippen LogP contribution in [0.2, 0.25) is 0 Å². The summed E-state index contributed by atoms with van der Waals surface area (Å²) in [4.78, 5) is 20.4. The summed E-state index contributed by atoms with van der Waals surface area (Å²) >= 11 is 1.72. The Bertz CT molecular complexity index is 971. The number of nitrogens with zero attached hydrogens (tertiary/aromatic N) is 3. The Labute approximate surface area is 148 Å². The molecule has 0 fully saturated rings. The highest BCUT2D eigenvalue weighted by atomic mass is 32.1. The van der Waals surface area contributed by atoms with Gasteiger partial charge in [0.25, 0.3) is 5.56 Å². The first-order valence-electron chi connectivity index (χ1n) is 8.02. The van der Waals surface area contributed by atoms with Crippen LogP contribution in [0.5, 0.6) is 0 Å². The first-order chi connectivity index (χ1) is 12.3. The number of hydrogen-bond donors (Lipinski definition) is 0. The van der Waals surface area contributed by atoms with Gasteiger partial charge in [-0.25, -0.2) is 4.98 Å². The van der Waals surface area contributed by atoms with E-state index in [-0.39, 0.29) is 5.56 Å². The number of hydrogen-bond acceptors (Lipinski definition) is 5. The molecule has 4 heterocycles. The van der Waals surface area contributed by atoms with Gasteiger partial charge in [-0.05, 0) is 35.7 Å². The summed E-state index contributed by atoms with van der Waals surface area (Å²) in [6, 6.07) is 15.2. The molecule has 0 aliphatic heterocycles. The number of fused-ring (bicyclic) bond motifs is 1. The molecule has 5 nitrogen and oxygen atoms in total. The average molecular weight is 351 g/mol. The Morgan fingerprint density at radius 1 is 1.08 bits per heavy atom. The van der Waals surface area contributed by atoms with Crippen LogP contribution in [-0.2, 0) is 19.6 Å². The van der Waals surface area contributed by atoms with Crippen molar-refractivity contribution in [3.63, 3.8) is 0 Å². The van der Waals surface area contributed by atoms with Gasteiger partial charge in [-0.15, -0.1) is 11.3 Å². The van der Waals surface area contributed by atoms with Crippen molar-refractivity contribution in [3.05, 3.63) is 93.1 Å². The summed E-state index contributed by atoms with van der Waals surface area (Å²) in [6.45, 7) is 2.04. The summed E-state index contributed by atoms with van der Waals surface area (Å²) in [5, 5.41) is 2.07. The molecule has 0 aliphatic carbocycles. The molecule has 0 saturated heterocycles. The van der Waals surface area contributed by atoms with Gasteiger partial charge < -0.3 is 4.42 Å².